The maximum Gasteiger partial charge on any atom is 0.211 e. The second kappa shape index (κ2) is 8.92. The van der Waals surface area contributed by atoms with E-state index < -0.39 is 10.0 Å². The van der Waals surface area contributed by atoms with Crippen molar-refractivity contribution in [3.63, 3.8) is 0 Å². The number of hydrogen-bond acceptors (Lipinski definition) is 4. The van der Waals surface area contributed by atoms with Crippen molar-refractivity contribution < 1.29 is 17.9 Å². The third-order valence-electron chi connectivity index (χ3n) is 7.43. The van der Waals surface area contributed by atoms with Gasteiger partial charge in [0, 0.05) is 26.4 Å². The number of fused-ring (bicyclic) bond motifs is 1. The monoisotopic (exact) mass is 489 g/mol. The second-order valence-electron chi connectivity index (χ2n) is 9.97. The van der Waals surface area contributed by atoms with Gasteiger partial charge in [0.25, 0.3) is 0 Å². The third-order valence-corrected chi connectivity index (χ3v) is 8.69. The van der Waals surface area contributed by atoms with Crippen LogP contribution in [0.5, 0.6) is 5.75 Å². The van der Waals surface area contributed by atoms with Gasteiger partial charge in [0.2, 0.25) is 10.0 Å². The van der Waals surface area contributed by atoms with E-state index in [1.165, 1.54) is 16.1 Å². The van der Waals surface area contributed by atoms with Crippen LogP contribution in [0.4, 0.5) is 0 Å². The minimum Gasteiger partial charge on any atom is -0.493 e. The highest BCUT2D eigenvalue weighted by atomic mass is 32.2. The first-order valence-electron chi connectivity index (χ1n) is 12.1. The van der Waals surface area contributed by atoms with Gasteiger partial charge in [-0.2, -0.15) is 0 Å². The van der Waals surface area contributed by atoms with Crippen molar-refractivity contribution in [2.75, 3.05) is 19.9 Å². The smallest absolute Gasteiger partial charge is 0.211 e. The summed E-state index contributed by atoms with van der Waals surface area (Å²) >= 11 is 0. The summed E-state index contributed by atoms with van der Waals surface area (Å²) < 4.78 is 30.4. The van der Waals surface area contributed by atoms with Gasteiger partial charge in [-0.25, -0.2) is 12.7 Å². The van der Waals surface area contributed by atoms with E-state index in [4.69, 9.17) is 4.74 Å². The molecule has 5 rings (SSSR count). The van der Waals surface area contributed by atoms with Crippen LogP contribution in [0, 0.1) is 6.92 Å². The van der Waals surface area contributed by atoms with Gasteiger partial charge in [-0.3, -0.25) is 4.79 Å². The number of ether oxygens (including phenoxy) is 1. The van der Waals surface area contributed by atoms with Gasteiger partial charge in [0.1, 0.15) is 11.5 Å². The Hall–Kier alpha value is -2.96. The van der Waals surface area contributed by atoms with Crippen LogP contribution in [0.3, 0.4) is 0 Å². The van der Waals surface area contributed by atoms with Gasteiger partial charge in [0.05, 0.1) is 18.3 Å². The van der Waals surface area contributed by atoms with Crippen molar-refractivity contribution in [3.05, 3.63) is 88.5 Å². The summed E-state index contributed by atoms with van der Waals surface area (Å²) in [6, 6.07) is 20.5. The molecule has 0 bridgehead atoms. The number of Topliss-reactive ketones (excluding diaryl/α,β-unsaturated/α-hetero) is 1. The first kappa shape index (κ1) is 23.8. The van der Waals surface area contributed by atoms with Crippen molar-refractivity contribution in [2.45, 2.75) is 44.6 Å². The fraction of sp³-hybridized carbons (Fsp3) is 0.345. The Balaban J connectivity index is 1.34. The standard InChI is InChI=1S/C29H31NO4S/c1-20-4-5-22(16-26(20)23-8-6-21(7-9-23)19-30(2)35(3,32)33)17-28(31)29(13-14-29)25-10-11-27-24(18-25)12-15-34-27/h4-11,16,18H,12-15,17,19H2,1-3H3. The lowest BCUT2D eigenvalue weighted by molar-refractivity contribution is -0.120. The van der Waals surface area contributed by atoms with Crippen LogP contribution in [-0.2, 0) is 39.6 Å². The Labute approximate surface area is 207 Å². The number of benzene rings is 3. The summed E-state index contributed by atoms with van der Waals surface area (Å²) in [5.74, 6) is 1.24. The number of hydrogen-bond donors (Lipinski definition) is 0. The fourth-order valence-electron chi connectivity index (χ4n) is 4.95. The molecule has 0 N–H and O–H groups in total. The van der Waals surface area contributed by atoms with Gasteiger partial charge in [-0.1, -0.05) is 54.6 Å². The molecule has 0 spiro atoms. The molecule has 3 aromatic rings. The van der Waals surface area contributed by atoms with Gasteiger partial charge < -0.3 is 4.74 Å². The molecule has 0 aromatic heterocycles. The van der Waals surface area contributed by atoms with Crippen LogP contribution in [0.25, 0.3) is 11.1 Å². The largest absolute Gasteiger partial charge is 0.493 e. The summed E-state index contributed by atoms with van der Waals surface area (Å²) in [6.07, 6.45) is 4.36. The molecule has 2 aliphatic rings. The first-order valence-corrected chi connectivity index (χ1v) is 13.9. The van der Waals surface area contributed by atoms with E-state index in [1.54, 1.807) is 7.05 Å². The van der Waals surface area contributed by atoms with Gasteiger partial charge >= 0.3 is 0 Å². The molecule has 1 heterocycles. The highest BCUT2D eigenvalue weighted by Crippen LogP contribution is 2.50. The zero-order valence-corrected chi connectivity index (χ0v) is 21.3. The van der Waals surface area contributed by atoms with Crippen molar-refractivity contribution in [1.82, 2.24) is 4.31 Å². The number of sulfonamides is 1. The molecule has 0 radical (unpaired) electrons. The van der Waals surface area contributed by atoms with E-state index in [0.29, 0.717) is 13.0 Å². The summed E-state index contributed by atoms with van der Waals surface area (Å²) in [4.78, 5) is 13.5. The van der Waals surface area contributed by atoms with Crippen molar-refractivity contribution >= 4 is 15.8 Å². The van der Waals surface area contributed by atoms with Crippen LogP contribution in [-0.4, -0.2) is 38.4 Å². The third kappa shape index (κ3) is 4.78. The van der Waals surface area contributed by atoms with E-state index >= 15 is 0 Å². The molecule has 3 aromatic carbocycles. The molecule has 6 heteroatoms. The molecule has 0 atom stereocenters. The molecule has 0 saturated heterocycles. The molecule has 1 fully saturated rings. The Morgan fingerprint density at radius 1 is 1.00 bits per heavy atom. The van der Waals surface area contributed by atoms with Crippen LogP contribution in [0.15, 0.2) is 60.7 Å². The SMILES string of the molecule is Cc1ccc(CC(=O)C2(c3ccc4c(c3)CCO4)CC2)cc1-c1ccc(CN(C)S(C)(=O)=O)cc1. The minimum atomic E-state index is -3.22. The lowest BCUT2D eigenvalue weighted by Crippen LogP contribution is -2.24. The zero-order chi connectivity index (χ0) is 24.8. The zero-order valence-electron chi connectivity index (χ0n) is 20.5. The highest BCUT2D eigenvalue weighted by molar-refractivity contribution is 7.88. The summed E-state index contributed by atoms with van der Waals surface area (Å²) in [5.41, 5.74) is 7.24. The maximum absolute atomic E-state index is 13.5. The summed E-state index contributed by atoms with van der Waals surface area (Å²) in [7, 11) is -1.64. The number of carbonyl (C=O) groups is 1. The average Bonchev–Trinajstić information content (AvgIpc) is 3.51. The molecular weight excluding hydrogens is 458 g/mol. The van der Waals surface area contributed by atoms with Crippen LogP contribution in [0.2, 0.25) is 0 Å². The Bertz CT molecular complexity index is 1390. The highest BCUT2D eigenvalue weighted by Gasteiger charge is 2.50. The fourth-order valence-corrected chi connectivity index (χ4v) is 5.33. The molecule has 1 aliphatic carbocycles. The lowest BCUT2D eigenvalue weighted by atomic mass is 9.86. The molecule has 35 heavy (non-hydrogen) atoms. The second-order valence-corrected chi connectivity index (χ2v) is 12.1. The molecule has 1 aliphatic heterocycles. The van der Waals surface area contributed by atoms with E-state index in [2.05, 4.69) is 37.3 Å². The van der Waals surface area contributed by atoms with E-state index in [-0.39, 0.29) is 11.2 Å². The van der Waals surface area contributed by atoms with E-state index in [0.717, 1.165) is 65.0 Å². The molecule has 0 unspecified atom stereocenters. The maximum atomic E-state index is 13.5. The first-order chi connectivity index (χ1) is 16.7. The topological polar surface area (TPSA) is 63.7 Å². The predicted octanol–water partition coefficient (Wildman–Crippen LogP) is 4.83. The Morgan fingerprint density at radius 2 is 1.71 bits per heavy atom. The number of carbonyl (C=O) groups excluding carboxylic acids is 1. The van der Waals surface area contributed by atoms with Gasteiger partial charge in [-0.15, -0.1) is 0 Å². The van der Waals surface area contributed by atoms with Gasteiger partial charge in [0.15, 0.2) is 0 Å². The van der Waals surface area contributed by atoms with Crippen LogP contribution in [0.1, 0.15) is 40.7 Å². The normalized spacial score (nSPS) is 16.1. The van der Waals surface area contributed by atoms with E-state index in [9.17, 15) is 13.2 Å². The number of nitrogens with zero attached hydrogens (tertiary/aromatic N) is 1. The molecule has 182 valence electrons. The number of rotatable bonds is 8. The van der Waals surface area contributed by atoms with Crippen molar-refractivity contribution in [2.24, 2.45) is 0 Å². The van der Waals surface area contributed by atoms with Crippen molar-refractivity contribution in [3.8, 4) is 16.9 Å². The predicted molar refractivity (Wildman–Crippen MR) is 138 cm³/mol. The molecule has 5 nitrogen and oxygen atoms in total. The van der Waals surface area contributed by atoms with Gasteiger partial charge in [-0.05, 0) is 64.8 Å². The van der Waals surface area contributed by atoms with Crippen molar-refractivity contribution in [1.29, 1.82) is 0 Å². The Morgan fingerprint density at radius 3 is 2.40 bits per heavy atom. The van der Waals surface area contributed by atoms with Crippen LogP contribution < -0.4 is 4.74 Å². The average molecular weight is 490 g/mol. The number of aryl methyl sites for hydroxylation is 1. The number of ketones is 1. The van der Waals surface area contributed by atoms with Crippen LogP contribution >= 0.6 is 0 Å². The molecular formula is C29H31NO4S. The molecule has 0 amide bonds. The quantitative estimate of drug-likeness (QED) is 0.455. The Kier molecular flexibility index (Phi) is 6.06. The minimum absolute atomic E-state index is 0.283. The summed E-state index contributed by atoms with van der Waals surface area (Å²) in [6.45, 7) is 3.13. The lowest BCUT2D eigenvalue weighted by Gasteiger charge is -2.17. The molecule has 1 saturated carbocycles. The van der Waals surface area contributed by atoms with E-state index in [1.807, 2.05) is 30.3 Å². The summed E-state index contributed by atoms with van der Waals surface area (Å²) in [5, 5.41) is 0.